The van der Waals surface area contributed by atoms with Gasteiger partial charge in [-0.05, 0) is 42.4 Å². The molecule has 3 heteroatoms. The number of rotatable bonds is 5. The van der Waals surface area contributed by atoms with Crippen LogP contribution in [0.15, 0.2) is 30.3 Å². The highest BCUT2D eigenvalue weighted by molar-refractivity contribution is 5.35. The number of aliphatic hydroxyl groups excluding tert-OH is 1. The first-order valence-electron chi connectivity index (χ1n) is 7.47. The highest BCUT2D eigenvalue weighted by atomic mass is 16.3. The number of hydrogen-bond donors (Lipinski definition) is 1. The lowest BCUT2D eigenvalue weighted by Crippen LogP contribution is -2.08. The molecular weight excluding hydrogens is 248 g/mol. The van der Waals surface area contributed by atoms with E-state index in [1.807, 2.05) is 17.8 Å². The van der Waals surface area contributed by atoms with Gasteiger partial charge in [0.05, 0.1) is 11.8 Å². The molecule has 1 unspecified atom stereocenters. The second-order valence-electron chi connectivity index (χ2n) is 5.73. The van der Waals surface area contributed by atoms with Crippen LogP contribution in [-0.4, -0.2) is 14.9 Å². The lowest BCUT2D eigenvalue weighted by Gasteiger charge is -2.15. The van der Waals surface area contributed by atoms with Crippen molar-refractivity contribution in [3.63, 3.8) is 0 Å². The number of aliphatic hydroxyl groups is 1. The van der Waals surface area contributed by atoms with Gasteiger partial charge in [-0.3, -0.25) is 4.68 Å². The van der Waals surface area contributed by atoms with Gasteiger partial charge in [0.1, 0.15) is 0 Å². The van der Waals surface area contributed by atoms with Crippen molar-refractivity contribution >= 4 is 0 Å². The van der Waals surface area contributed by atoms with Crippen LogP contribution in [-0.2, 0) is 19.9 Å². The second kappa shape index (κ2) is 5.41. The van der Waals surface area contributed by atoms with Gasteiger partial charge in [-0.1, -0.05) is 31.2 Å². The Balaban J connectivity index is 1.82. The molecule has 1 N–H and O–H groups in total. The minimum absolute atomic E-state index is 0.438. The summed E-state index contributed by atoms with van der Waals surface area (Å²) in [6.45, 7) is 2.10. The first-order chi connectivity index (χ1) is 9.69. The Hall–Kier alpha value is -1.61. The van der Waals surface area contributed by atoms with Crippen LogP contribution in [0, 0.1) is 0 Å². The van der Waals surface area contributed by atoms with Crippen LogP contribution in [0.5, 0.6) is 0 Å². The quantitative estimate of drug-likeness (QED) is 0.906. The Morgan fingerprint density at radius 2 is 2.10 bits per heavy atom. The number of aryl methyl sites for hydroxylation is 2. The van der Waals surface area contributed by atoms with E-state index in [0.29, 0.717) is 12.3 Å². The molecule has 1 aromatic carbocycles. The zero-order valence-corrected chi connectivity index (χ0v) is 12.2. The summed E-state index contributed by atoms with van der Waals surface area (Å²) in [5.41, 5.74) is 4.61. The summed E-state index contributed by atoms with van der Waals surface area (Å²) in [5.74, 6) is 0.665. The van der Waals surface area contributed by atoms with Crippen molar-refractivity contribution in [2.45, 2.75) is 44.6 Å². The van der Waals surface area contributed by atoms with Gasteiger partial charge >= 0.3 is 0 Å². The molecule has 1 aliphatic rings. The Bertz CT molecular complexity index is 599. The average molecular weight is 270 g/mol. The third-order valence-corrected chi connectivity index (χ3v) is 4.16. The molecule has 1 aliphatic carbocycles. The molecule has 1 aromatic heterocycles. The predicted octanol–water partition coefficient (Wildman–Crippen LogP) is 3.14. The fourth-order valence-corrected chi connectivity index (χ4v) is 2.82. The first kappa shape index (κ1) is 13.4. The molecule has 1 atom stereocenters. The smallest absolute Gasteiger partial charge is 0.0848 e. The normalized spacial score (nSPS) is 16.4. The van der Waals surface area contributed by atoms with Crippen LogP contribution >= 0.6 is 0 Å². The number of aromatic nitrogens is 2. The summed E-state index contributed by atoms with van der Waals surface area (Å²) in [4.78, 5) is 0. The molecule has 2 aromatic rings. The zero-order valence-electron chi connectivity index (χ0n) is 12.2. The van der Waals surface area contributed by atoms with E-state index in [9.17, 15) is 5.11 Å². The maximum absolute atomic E-state index is 10.6. The Kier molecular flexibility index (Phi) is 3.62. The second-order valence-corrected chi connectivity index (χ2v) is 5.73. The summed E-state index contributed by atoms with van der Waals surface area (Å²) in [6, 6.07) is 10.4. The van der Waals surface area contributed by atoms with Crippen molar-refractivity contribution in [1.29, 1.82) is 0 Å². The summed E-state index contributed by atoms with van der Waals surface area (Å²) in [5, 5.41) is 15.0. The van der Waals surface area contributed by atoms with E-state index in [2.05, 4.69) is 36.3 Å². The molecule has 1 saturated carbocycles. The van der Waals surface area contributed by atoms with Crippen molar-refractivity contribution in [3.8, 4) is 0 Å². The average Bonchev–Trinajstić information content (AvgIpc) is 3.24. The standard InChI is InChI=1S/C17H22N2O/c1-3-13-10-14(19(2)18-13)11-17(20)16-7-5-4-6-15(16)12-8-9-12/h4-7,10,12,17,20H,3,8-9,11H2,1-2H3. The van der Waals surface area contributed by atoms with Crippen molar-refractivity contribution in [1.82, 2.24) is 9.78 Å². The van der Waals surface area contributed by atoms with E-state index in [1.165, 1.54) is 18.4 Å². The Morgan fingerprint density at radius 3 is 2.75 bits per heavy atom. The van der Waals surface area contributed by atoms with Crippen molar-refractivity contribution in [2.75, 3.05) is 0 Å². The summed E-state index contributed by atoms with van der Waals surface area (Å²) in [7, 11) is 1.95. The SMILES string of the molecule is CCc1cc(CC(O)c2ccccc2C2CC2)n(C)n1. The van der Waals surface area contributed by atoms with Crippen LogP contribution in [0.25, 0.3) is 0 Å². The summed E-state index contributed by atoms with van der Waals surface area (Å²) in [6.07, 6.45) is 3.65. The zero-order chi connectivity index (χ0) is 14.1. The highest BCUT2D eigenvalue weighted by Crippen LogP contribution is 2.43. The Labute approximate surface area is 120 Å². The monoisotopic (exact) mass is 270 g/mol. The lowest BCUT2D eigenvalue weighted by atomic mass is 9.96. The molecule has 0 aliphatic heterocycles. The molecule has 1 heterocycles. The first-order valence-corrected chi connectivity index (χ1v) is 7.47. The maximum atomic E-state index is 10.6. The molecular formula is C17H22N2O. The largest absolute Gasteiger partial charge is 0.388 e. The van der Waals surface area contributed by atoms with E-state index in [4.69, 9.17) is 0 Å². The van der Waals surface area contributed by atoms with Crippen molar-refractivity contribution < 1.29 is 5.11 Å². The van der Waals surface area contributed by atoms with Crippen LogP contribution in [0.2, 0.25) is 0 Å². The van der Waals surface area contributed by atoms with E-state index >= 15 is 0 Å². The van der Waals surface area contributed by atoms with Crippen LogP contribution in [0.3, 0.4) is 0 Å². The van der Waals surface area contributed by atoms with Crippen LogP contribution < -0.4 is 0 Å². The molecule has 1 fully saturated rings. The molecule has 3 nitrogen and oxygen atoms in total. The van der Waals surface area contributed by atoms with Gasteiger partial charge in [0.15, 0.2) is 0 Å². The topological polar surface area (TPSA) is 38.0 Å². The van der Waals surface area contributed by atoms with Crippen LogP contribution in [0.4, 0.5) is 0 Å². The molecule has 20 heavy (non-hydrogen) atoms. The molecule has 3 rings (SSSR count). The van der Waals surface area contributed by atoms with Gasteiger partial charge in [-0.15, -0.1) is 0 Å². The molecule has 0 amide bonds. The van der Waals surface area contributed by atoms with Crippen molar-refractivity contribution in [3.05, 3.63) is 52.8 Å². The van der Waals surface area contributed by atoms with Gasteiger partial charge in [0.25, 0.3) is 0 Å². The fraction of sp³-hybridized carbons (Fsp3) is 0.471. The van der Waals surface area contributed by atoms with Gasteiger partial charge in [-0.25, -0.2) is 0 Å². The molecule has 0 bridgehead atoms. The van der Waals surface area contributed by atoms with E-state index in [1.54, 1.807) is 0 Å². The molecule has 106 valence electrons. The third-order valence-electron chi connectivity index (χ3n) is 4.16. The predicted molar refractivity (Wildman–Crippen MR) is 79.7 cm³/mol. The van der Waals surface area contributed by atoms with E-state index in [0.717, 1.165) is 23.4 Å². The number of benzene rings is 1. The molecule has 0 radical (unpaired) electrons. The van der Waals surface area contributed by atoms with Gasteiger partial charge in [-0.2, -0.15) is 5.10 Å². The van der Waals surface area contributed by atoms with E-state index < -0.39 is 6.10 Å². The minimum Gasteiger partial charge on any atom is -0.388 e. The number of hydrogen-bond acceptors (Lipinski definition) is 2. The summed E-state index contributed by atoms with van der Waals surface area (Å²) < 4.78 is 1.89. The van der Waals surface area contributed by atoms with Crippen LogP contribution in [0.1, 0.15) is 54.3 Å². The van der Waals surface area contributed by atoms with Gasteiger partial charge < -0.3 is 5.11 Å². The maximum Gasteiger partial charge on any atom is 0.0848 e. The summed E-state index contributed by atoms with van der Waals surface area (Å²) >= 11 is 0. The van der Waals surface area contributed by atoms with E-state index in [-0.39, 0.29) is 0 Å². The number of nitrogens with zero attached hydrogens (tertiary/aromatic N) is 2. The minimum atomic E-state index is -0.438. The van der Waals surface area contributed by atoms with Gasteiger partial charge in [0.2, 0.25) is 0 Å². The Morgan fingerprint density at radius 1 is 1.35 bits per heavy atom. The van der Waals surface area contributed by atoms with Crippen molar-refractivity contribution in [2.24, 2.45) is 7.05 Å². The van der Waals surface area contributed by atoms with Gasteiger partial charge in [0, 0.05) is 19.2 Å². The fourth-order valence-electron chi connectivity index (χ4n) is 2.82. The molecule has 0 spiro atoms. The molecule has 0 saturated heterocycles. The third kappa shape index (κ3) is 2.63. The lowest BCUT2D eigenvalue weighted by molar-refractivity contribution is 0.174. The highest BCUT2D eigenvalue weighted by Gasteiger charge is 2.27.